The fraction of sp³-hybridized carbons (Fsp3) is 0.417. The van der Waals surface area contributed by atoms with E-state index in [1.165, 1.54) is 0 Å². The van der Waals surface area contributed by atoms with Crippen LogP contribution in [-0.2, 0) is 0 Å². The maximum atomic E-state index is 8.67. The van der Waals surface area contributed by atoms with Crippen molar-refractivity contribution in [3.05, 3.63) is 28.8 Å². The van der Waals surface area contributed by atoms with Gasteiger partial charge in [-0.3, -0.25) is 0 Å². The molecular formula is C12H14ClNOS. The van der Waals surface area contributed by atoms with Crippen LogP contribution in [-0.4, -0.2) is 18.1 Å². The summed E-state index contributed by atoms with van der Waals surface area (Å²) in [4.78, 5) is 0. The fourth-order valence-corrected chi connectivity index (χ4v) is 2.02. The topological polar surface area (TPSA) is 33.0 Å². The summed E-state index contributed by atoms with van der Waals surface area (Å²) in [5.74, 6) is 2.89. The standard InChI is InChI=1S/C12H14ClNOS/c1-2-16-7-3-6-15-12-5-4-10(9-14)8-11(12)13/h4-5,8H,2-3,6-7H2,1H3. The highest BCUT2D eigenvalue weighted by molar-refractivity contribution is 7.99. The summed E-state index contributed by atoms with van der Waals surface area (Å²) in [6.45, 7) is 2.81. The summed E-state index contributed by atoms with van der Waals surface area (Å²) in [5, 5.41) is 9.18. The molecule has 0 N–H and O–H groups in total. The highest BCUT2D eigenvalue weighted by atomic mass is 35.5. The van der Waals surface area contributed by atoms with Gasteiger partial charge in [0.2, 0.25) is 0 Å². The van der Waals surface area contributed by atoms with Gasteiger partial charge < -0.3 is 4.74 Å². The fourth-order valence-electron chi connectivity index (χ4n) is 1.17. The smallest absolute Gasteiger partial charge is 0.137 e. The first kappa shape index (κ1) is 13.2. The molecule has 2 nitrogen and oxygen atoms in total. The van der Waals surface area contributed by atoms with Crippen LogP contribution in [0.1, 0.15) is 18.9 Å². The van der Waals surface area contributed by atoms with Gasteiger partial charge in [0, 0.05) is 0 Å². The van der Waals surface area contributed by atoms with E-state index in [9.17, 15) is 0 Å². The van der Waals surface area contributed by atoms with Crippen molar-refractivity contribution in [1.29, 1.82) is 5.26 Å². The number of nitrogens with zero attached hydrogens (tertiary/aromatic N) is 1. The van der Waals surface area contributed by atoms with Crippen molar-refractivity contribution in [3.8, 4) is 11.8 Å². The van der Waals surface area contributed by atoms with E-state index in [-0.39, 0.29) is 0 Å². The zero-order valence-corrected chi connectivity index (χ0v) is 10.8. The number of benzene rings is 1. The quantitative estimate of drug-likeness (QED) is 0.726. The van der Waals surface area contributed by atoms with Crippen molar-refractivity contribution < 1.29 is 4.74 Å². The van der Waals surface area contributed by atoms with Crippen LogP contribution in [0.3, 0.4) is 0 Å². The largest absolute Gasteiger partial charge is 0.492 e. The highest BCUT2D eigenvalue weighted by Gasteiger charge is 2.02. The lowest BCUT2D eigenvalue weighted by molar-refractivity contribution is 0.319. The Labute approximate surface area is 106 Å². The van der Waals surface area contributed by atoms with E-state index in [1.807, 2.05) is 17.8 Å². The minimum Gasteiger partial charge on any atom is -0.492 e. The molecule has 0 fully saturated rings. The second-order valence-electron chi connectivity index (χ2n) is 3.16. The molecule has 0 unspecified atom stereocenters. The molecule has 0 radical (unpaired) electrons. The van der Waals surface area contributed by atoms with E-state index in [2.05, 4.69) is 6.92 Å². The zero-order chi connectivity index (χ0) is 11.8. The average molecular weight is 256 g/mol. The summed E-state index contributed by atoms with van der Waals surface area (Å²) in [5.41, 5.74) is 0.555. The molecule has 0 atom stereocenters. The molecule has 0 spiro atoms. The Balaban J connectivity index is 2.40. The van der Waals surface area contributed by atoms with Crippen molar-refractivity contribution in [2.75, 3.05) is 18.1 Å². The number of nitriles is 1. The molecule has 0 heterocycles. The molecule has 0 aliphatic heterocycles. The SMILES string of the molecule is CCSCCCOc1ccc(C#N)cc1Cl. The first-order valence-corrected chi connectivity index (χ1v) is 6.71. The number of hydrogen-bond donors (Lipinski definition) is 0. The Morgan fingerprint density at radius 1 is 1.50 bits per heavy atom. The summed E-state index contributed by atoms with van der Waals surface area (Å²) >= 11 is 7.86. The van der Waals surface area contributed by atoms with Crippen molar-refractivity contribution in [3.63, 3.8) is 0 Å². The monoisotopic (exact) mass is 255 g/mol. The van der Waals surface area contributed by atoms with Crippen LogP contribution in [0.25, 0.3) is 0 Å². The average Bonchev–Trinajstić information content (AvgIpc) is 2.30. The summed E-state index contributed by atoms with van der Waals surface area (Å²) in [6, 6.07) is 7.11. The van der Waals surface area contributed by atoms with Crippen molar-refractivity contribution >= 4 is 23.4 Å². The van der Waals surface area contributed by atoms with Crippen LogP contribution < -0.4 is 4.74 Å². The number of ether oxygens (including phenoxy) is 1. The normalized spacial score (nSPS) is 9.81. The summed E-state index contributed by atoms with van der Waals surface area (Å²) in [7, 11) is 0. The van der Waals surface area contributed by atoms with Gasteiger partial charge in [-0.15, -0.1) is 0 Å². The third kappa shape index (κ3) is 4.34. The van der Waals surface area contributed by atoms with E-state index in [0.717, 1.165) is 17.9 Å². The Morgan fingerprint density at radius 2 is 2.31 bits per heavy atom. The summed E-state index contributed by atoms with van der Waals surface area (Å²) in [6.07, 6.45) is 1.01. The van der Waals surface area contributed by atoms with Gasteiger partial charge in [-0.2, -0.15) is 17.0 Å². The number of thioether (sulfide) groups is 1. The highest BCUT2D eigenvalue weighted by Crippen LogP contribution is 2.25. The summed E-state index contributed by atoms with van der Waals surface area (Å²) < 4.78 is 5.53. The van der Waals surface area contributed by atoms with Gasteiger partial charge in [0.05, 0.1) is 23.3 Å². The molecular weight excluding hydrogens is 242 g/mol. The lowest BCUT2D eigenvalue weighted by Gasteiger charge is -2.07. The van der Waals surface area contributed by atoms with Crippen molar-refractivity contribution in [1.82, 2.24) is 0 Å². The van der Waals surface area contributed by atoms with E-state index in [1.54, 1.807) is 18.2 Å². The van der Waals surface area contributed by atoms with Crippen LogP contribution >= 0.6 is 23.4 Å². The lowest BCUT2D eigenvalue weighted by Crippen LogP contribution is -1.99. The molecule has 0 bridgehead atoms. The molecule has 1 aromatic rings. The molecule has 1 rings (SSSR count). The number of hydrogen-bond acceptors (Lipinski definition) is 3. The Kier molecular flexibility index (Phi) is 6.14. The molecule has 0 saturated heterocycles. The molecule has 4 heteroatoms. The Hall–Kier alpha value is -0.850. The van der Waals surface area contributed by atoms with Crippen LogP contribution in [0.5, 0.6) is 5.75 Å². The second-order valence-corrected chi connectivity index (χ2v) is 4.96. The predicted octanol–water partition coefficient (Wildman–Crippen LogP) is 3.73. The lowest BCUT2D eigenvalue weighted by atomic mass is 10.2. The molecule has 0 aliphatic carbocycles. The molecule has 0 aliphatic rings. The van der Waals surface area contributed by atoms with E-state index < -0.39 is 0 Å². The minimum absolute atomic E-state index is 0.502. The minimum atomic E-state index is 0.502. The Morgan fingerprint density at radius 3 is 2.94 bits per heavy atom. The van der Waals surface area contributed by atoms with Crippen LogP contribution in [0, 0.1) is 11.3 Å². The predicted molar refractivity (Wildman–Crippen MR) is 69.3 cm³/mol. The molecule has 1 aromatic carbocycles. The van der Waals surface area contributed by atoms with Gasteiger partial charge in [-0.05, 0) is 36.1 Å². The van der Waals surface area contributed by atoms with Crippen LogP contribution in [0.4, 0.5) is 0 Å². The zero-order valence-electron chi connectivity index (χ0n) is 9.20. The van der Waals surface area contributed by atoms with E-state index in [4.69, 9.17) is 21.6 Å². The van der Waals surface area contributed by atoms with Crippen LogP contribution in [0.15, 0.2) is 18.2 Å². The van der Waals surface area contributed by atoms with Gasteiger partial charge in [0.1, 0.15) is 5.75 Å². The van der Waals surface area contributed by atoms with Gasteiger partial charge in [-0.25, -0.2) is 0 Å². The molecule has 0 saturated carbocycles. The van der Waals surface area contributed by atoms with Gasteiger partial charge in [-0.1, -0.05) is 18.5 Å². The van der Waals surface area contributed by atoms with Crippen LogP contribution in [0.2, 0.25) is 5.02 Å². The molecule has 16 heavy (non-hydrogen) atoms. The van der Waals surface area contributed by atoms with Gasteiger partial charge in [0.15, 0.2) is 0 Å². The number of halogens is 1. The maximum absolute atomic E-state index is 8.67. The molecule has 0 amide bonds. The Bertz CT molecular complexity index is 376. The third-order valence-corrected chi connectivity index (χ3v) is 3.24. The first-order chi connectivity index (χ1) is 7.77. The molecule has 86 valence electrons. The first-order valence-electron chi connectivity index (χ1n) is 5.18. The van der Waals surface area contributed by atoms with E-state index in [0.29, 0.717) is 22.9 Å². The maximum Gasteiger partial charge on any atom is 0.137 e. The molecule has 0 aromatic heterocycles. The number of rotatable bonds is 6. The van der Waals surface area contributed by atoms with E-state index >= 15 is 0 Å². The van der Waals surface area contributed by atoms with Crippen molar-refractivity contribution in [2.24, 2.45) is 0 Å². The second kappa shape index (κ2) is 7.43. The van der Waals surface area contributed by atoms with Gasteiger partial charge in [0.25, 0.3) is 0 Å². The van der Waals surface area contributed by atoms with Crippen molar-refractivity contribution in [2.45, 2.75) is 13.3 Å². The third-order valence-electron chi connectivity index (χ3n) is 1.96. The van der Waals surface area contributed by atoms with Gasteiger partial charge >= 0.3 is 0 Å².